The Morgan fingerprint density at radius 1 is 1.50 bits per heavy atom. The van der Waals surface area contributed by atoms with Crippen LogP contribution in [0.4, 0.5) is 17.6 Å². The van der Waals surface area contributed by atoms with Gasteiger partial charge in [0, 0.05) is 6.07 Å². The van der Waals surface area contributed by atoms with Gasteiger partial charge >= 0.3 is 12.3 Å². The zero-order chi connectivity index (χ0) is 13.9. The van der Waals surface area contributed by atoms with Gasteiger partial charge < -0.3 is 14.6 Å². The van der Waals surface area contributed by atoms with Crippen LogP contribution in [0.5, 0.6) is 11.6 Å². The highest BCUT2D eigenvalue weighted by Gasteiger charge is 2.34. The molecule has 1 N–H and O–H groups in total. The van der Waals surface area contributed by atoms with Crippen molar-refractivity contribution in [3.63, 3.8) is 0 Å². The first-order chi connectivity index (χ1) is 8.28. The second-order valence-corrected chi connectivity index (χ2v) is 2.97. The van der Waals surface area contributed by atoms with Gasteiger partial charge in [-0.2, -0.15) is 0 Å². The van der Waals surface area contributed by atoms with Crippen LogP contribution in [0.25, 0.3) is 0 Å². The summed E-state index contributed by atoms with van der Waals surface area (Å²) in [4.78, 5) is 14.2. The van der Waals surface area contributed by atoms with Gasteiger partial charge in [0.05, 0.1) is 12.8 Å². The van der Waals surface area contributed by atoms with Crippen LogP contribution < -0.4 is 9.47 Å². The summed E-state index contributed by atoms with van der Waals surface area (Å²) in [7, 11) is 1.09. The lowest BCUT2D eigenvalue weighted by molar-refractivity contribution is -0.274. The quantitative estimate of drug-likeness (QED) is 0.848. The molecule has 100 valence electrons. The number of nitrogens with zero attached hydrogens (tertiary/aromatic N) is 1. The number of aromatic carboxylic acids is 1. The number of rotatable bonds is 4. The van der Waals surface area contributed by atoms with Crippen LogP contribution in [0.2, 0.25) is 0 Å². The fourth-order valence-corrected chi connectivity index (χ4v) is 1.18. The molecular weight excluding hydrogens is 262 g/mol. The molecule has 0 fully saturated rings. The lowest BCUT2D eigenvalue weighted by Crippen LogP contribution is -2.20. The molecule has 0 aromatic carbocycles. The minimum Gasteiger partial charge on any atom is -0.481 e. The van der Waals surface area contributed by atoms with Crippen LogP contribution in [0.15, 0.2) is 6.07 Å². The maximum absolute atomic E-state index is 12.6. The van der Waals surface area contributed by atoms with E-state index in [-0.39, 0.29) is 5.88 Å². The molecular formula is C9H7F4NO4. The van der Waals surface area contributed by atoms with E-state index in [1.165, 1.54) is 0 Å². The lowest BCUT2D eigenvalue weighted by atomic mass is 10.2. The largest absolute Gasteiger partial charge is 0.573 e. The van der Waals surface area contributed by atoms with Gasteiger partial charge in [-0.3, -0.25) is 0 Å². The van der Waals surface area contributed by atoms with Crippen molar-refractivity contribution in [1.82, 2.24) is 4.98 Å². The standard InChI is InChI=1S/C9H7F4NO4/c1-17-6-2-5(18-9(11,12)13)7(8(15)16)4(3-10)14-6/h2H,3H2,1H3,(H,15,16). The smallest absolute Gasteiger partial charge is 0.481 e. The summed E-state index contributed by atoms with van der Waals surface area (Å²) in [6.07, 6.45) is -5.11. The van der Waals surface area contributed by atoms with E-state index < -0.39 is 36.0 Å². The lowest BCUT2D eigenvalue weighted by Gasteiger charge is -2.13. The zero-order valence-corrected chi connectivity index (χ0v) is 8.92. The number of alkyl halides is 4. The first-order valence-electron chi connectivity index (χ1n) is 4.41. The van der Waals surface area contributed by atoms with Crippen LogP contribution >= 0.6 is 0 Å². The van der Waals surface area contributed by atoms with Crippen molar-refractivity contribution < 1.29 is 36.9 Å². The Kier molecular flexibility index (Phi) is 3.94. The van der Waals surface area contributed by atoms with Gasteiger partial charge in [0.25, 0.3) is 0 Å². The van der Waals surface area contributed by atoms with Crippen molar-refractivity contribution in [2.24, 2.45) is 0 Å². The molecule has 0 amide bonds. The summed E-state index contributed by atoms with van der Waals surface area (Å²) in [5.41, 5.74) is -1.70. The van der Waals surface area contributed by atoms with Gasteiger partial charge in [0.2, 0.25) is 5.88 Å². The molecule has 0 saturated carbocycles. The monoisotopic (exact) mass is 269 g/mol. The number of carboxylic acids is 1. The highest BCUT2D eigenvalue weighted by atomic mass is 19.4. The Bertz CT molecular complexity index is 461. The fraction of sp³-hybridized carbons (Fsp3) is 0.333. The highest BCUT2D eigenvalue weighted by molar-refractivity contribution is 5.92. The van der Waals surface area contributed by atoms with Crippen LogP contribution in [-0.2, 0) is 6.67 Å². The van der Waals surface area contributed by atoms with E-state index in [0.29, 0.717) is 6.07 Å². The number of methoxy groups -OCH3 is 1. The van der Waals surface area contributed by atoms with E-state index in [9.17, 15) is 22.4 Å². The van der Waals surface area contributed by atoms with Gasteiger partial charge in [0.15, 0.2) is 5.75 Å². The fourth-order valence-electron chi connectivity index (χ4n) is 1.18. The van der Waals surface area contributed by atoms with Crippen LogP contribution in [0.1, 0.15) is 16.1 Å². The maximum atomic E-state index is 12.6. The maximum Gasteiger partial charge on any atom is 0.573 e. The van der Waals surface area contributed by atoms with E-state index in [1.807, 2.05) is 0 Å². The molecule has 0 spiro atoms. The van der Waals surface area contributed by atoms with Crippen LogP contribution in [0, 0.1) is 0 Å². The molecule has 1 rings (SSSR count). The van der Waals surface area contributed by atoms with Gasteiger partial charge in [0.1, 0.15) is 12.2 Å². The number of ether oxygens (including phenoxy) is 2. The van der Waals surface area contributed by atoms with E-state index in [2.05, 4.69) is 14.5 Å². The minimum absolute atomic E-state index is 0.383. The number of hydrogen-bond donors (Lipinski definition) is 1. The van der Waals surface area contributed by atoms with Gasteiger partial charge in [-0.1, -0.05) is 0 Å². The molecule has 1 aromatic rings. The van der Waals surface area contributed by atoms with E-state index in [0.717, 1.165) is 7.11 Å². The molecule has 0 aliphatic heterocycles. The second kappa shape index (κ2) is 5.07. The molecule has 18 heavy (non-hydrogen) atoms. The van der Waals surface area contributed by atoms with Crippen LogP contribution in [-0.4, -0.2) is 29.5 Å². The third kappa shape index (κ3) is 3.22. The molecule has 9 heteroatoms. The van der Waals surface area contributed by atoms with Gasteiger partial charge in [-0.25, -0.2) is 14.2 Å². The molecule has 5 nitrogen and oxygen atoms in total. The second-order valence-electron chi connectivity index (χ2n) is 2.97. The van der Waals surface area contributed by atoms with Gasteiger partial charge in [-0.05, 0) is 0 Å². The van der Waals surface area contributed by atoms with Crippen molar-refractivity contribution >= 4 is 5.97 Å². The summed E-state index contributed by atoms with van der Waals surface area (Å²) in [5.74, 6) is -3.24. The number of pyridine rings is 1. The van der Waals surface area contributed by atoms with E-state index in [4.69, 9.17) is 5.11 Å². The Morgan fingerprint density at radius 3 is 2.50 bits per heavy atom. The zero-order valence-electron chi connectivity index (χ0n) is 8.92. The Hall–Kier alpha value is -2.06. The molecule has 0 atom stereocenters. The molecule has 0 aliphatic rings. The summed E-state index contributed by atoms with van der Waals surface area (Å²) >= 11 is 0. The normalized spacial score (nSPS) is 11.2. The number of hydrogen-bond acceptors (Lipinski definition) is 4. The molecule has 0 saturated heterocycles. The first-order valence-corrected chi connectivity index (χ1v) is 4.41. The van der Waals surface area contributed by atoms with E-state index >= 15 is 0 Å². The highest BCUT2D eigenvalue weighted by Crippen LogP contribution is 2.31. The molecule has 0 radical (unpaired) electrons. The van der Waals surface area contributed by atoms with Crippen molar-refractivity contribution in [2.75, 3.05) is 7.11 Å². The summed E-state index contributed by atoms with van der Waals surface area (Å²) in [6.45, 7) is -1.37. The topological polar surface area (TPSA) is 68.7 Å². The SMILES string of the molecule is COc1cc(OC(F)(F)F)c(C(=O)O)c(CF)n1. The molecule has 0 aliphatic carbocycles. The average molecular weight is 269 g/mol. The van der Waals surface area contributed by atoms with Crippen molar-refractivity contribution in [3.8, 4) is 11.6 Å². The third-order valence-corrected chi connectivity index (χ3v) is 1.81. The third-order valence-electron chi connectivity index (χ3n) is 1.81. The summed E-state index contributed by atoms with van der Waals surface area (Å²) in [5, 5.41) is 8.74. The number of carbonyl (C=O) groups is 1. The average Bonchev–Trinajstić information content (AvgIpc) is 2.25. The number of aromatic nitrogens is 1. The van der Waals surface area contributed by atoms with Crippen LogP contribution in [0.3, 0.4) is 0 Å². The van der Waals surface area contributed by atoms with Gasteiger partial charge in [-0.15, -0.1) is 13.2 Å². The summed E-state index contributed by atoms with van der Waals surface area (Å²) < 4.78 is 56.9. The minimum atomic E-state index is -5.11. The first kappa shape index (κ1) is 14.0. The van der Waals surface area contributed by atoms with E-state index in [1.54, 1.807) is 0 Å². The molecule has 1 heterocycles. The van der Waals surface area contributed by atoms with Crippen molar-refractivity contribution in [1.29, 1.82) is 0 Å². The predicted molar refractivity (Wildman–Crippen MR) is 49.2 cm³/mol. The Labute approximate surface area is 98.0 Å². The Balaban J connectivity index is 3.39. The summed E-state index contributed by atoms with van der Waals surface area (Å²) in [6, 6.07) is 0.621. The molecule has 1 aromatic heterocycles. The molecule has 0 unspecified atom stereocenters. The Morgan fingerprint density at radius 2 is 2.11 bits per heavy atom. The molecule has 0 bridgehead atoms. The van der Waals surface area contributed by atoms with Crippen molar-refractivity contribution in [2.45, 2.75) is 13.0 Å². The number of halogens is 4. The van der Waals surface area contributed by atoms with Crippen molar-refractivity contribution in [3.05, 3.63) is 17.3 Å². The number of carboxylic acid groups (broad SMARTS) is 1. The predicted octanol–water partition coefficient (Wildman–Crippen LogP) is 2.16.